The predicted octanol–water partition coefficient (Wildman–Crippen LogP) is 0.703. The summed E-state index contributed by atoms with van der Waals surface area (Å²) in [5.74, 6) is -3.88. The van der Waals surface area contributed by atoms with Gasteiger partial charge >= 0.3 is 11.9 Å². The molecule has 2 N–H and O–H groups in total. The summed E-state index contributed by atoms with van der Waals surface area (Å²) in [6, 6.07) is 0. The molecule has 0 spiro atoms. The van der Waals surface area contributed by atoms with Gasteiger partial charge in [-0.3, -0.25) is 9.59 Å². The van der Waals surface area contributed by atoms with E-state index in [4.69, 9.17) is 19.7 Å². The first-order valence-electron chi connectivity index (χ1n) is 5.06. The molecule has 1 rings (SSSR count). The molecule has 1 aliphatic rings. The molecule has 6 heteroatoms. The van der Waals surface area contributed by atoms with Crippen molar-refractivity contribution in [2.45, 2.75) is 38.6 Å². The van der Waals surface area contributed by atoms with Gasteiger partial charge < -0.3 is 19.7 Å². The quantitative estimate of drug-likeness (QED) is 0.724. The van der Waals surface area contributed by atoms with Gasteiger partial charge in [-0.25, -0.2) is 0 Å². The van der Waals surface area contributed by atoms with Gasteiger partial charge in [-0.05, 0) is 20.3 Å². The molecule has 0 aromatic carbocycles. The minimum atomic E-state index is -1.12. The molecule has 0 aromatic heterocycles. The highest BCUT2D eigenvalue weighted by Gasteiger charge is 2.35. The second-order valence-electron chi connectivity index (χ2n) is 4.32. The van der Waals surface area contributed by atoms with Crippen molar-refractivity contribution in [2.24, 2.45) is 5.92 Å². The van der Waals surface area contributed by atoms with Crippen LogP contribution in [0, 0.1) is 5.92 Å². The average molecular weight is 232 g/mol. The number of hydrogen-bond acceptors (Lipinski definition) is 4. The van der Waals surface area contributed by atoms with Gasteiger partial charge in [0.2, 0.25) is 0 Å². The minimum absolute atomic E-state index is 0.158. The molecule has 6 nitrogen and oxygen atoms in total. The molecule has 1 aliphatic heterocycles. The molecule has 0 bridgehead atoms. The topological polar surface area (TPSA) is 93.1 Å². The van der Waals surface area contributed by atoms with Crippen molar-refractivity contribution in [2.75, 3.05) is 6.61 Å². The van der Waals surface area contributed by atoms with Crippen LogP contribution in [-0.2, 0) is 19.1 Å². The van der Waals surface area contributed by atoms with E-state index in [1.54, 1.807) is 13.8 Å². The molecule has 92 valence electrons. The lowest BCUT2D eigenvalue weighted by molar-refractivity contribution is -0.153. The Kier molecular flexibility index (Phi) is 3.88. The van der Waals surface area contributed by atoms with Crippen LogP contribution in [0.1, 0.15) is 26.7 Å². The van der Waals surface area contributed by atoms with Crippen molar-refractivity contribution in [1.82, 2.24) is 0 Å². The monoisotopic (exact) mass is 232 g/mol. The van der Waals surface area contributed by atoms with E-state index in [0.717, 1.165) is 0 Å². The zero-order valence-electron chi connectivity index (χ0n) is 9.30. The highest BCUT2D eigenvalue weighted by atomic mass is 16.7. The molecule has 0 aliphatic carbocycles. The van der Waals surface area contributed by atoms with Crippen LogP contribution in [-0.4, -0.2) is 40.6 Å². The van der Waals surface area contributed by atoms with Crippen LogP contribution in [0.25, 0.3) is 0 Å². The van der Waals surface area contributed by atoms with Crippen LogP contribution in [0.5, 0.6) is 0 Å². The van der Waals surface area contributed by atoms with Crippen LogP contribution in [0.15, 0.2) is 0 Å². The van der Waals surface area contributed by atoms with E-state index in [1.807, 2.05) is 0 Å². The van der Waals surface area contributed by atoms with Gasteiger partial charge in [-0.1, -0.05) is 0 Å². The maximum Gasteiger partial charge on any atom is 0.307 e. The molecule has 1 fully saturated rings. The molecular formula is C10H16O6. The first-order chi connectivity index (χ1) is 7.30. The third-order valence-corrected chi connectivity index (χ3v) is 2.38. The number of ether oxygens (including phenoxy) is 2. The summed E-state index contributed by atoms with van der Waals surface area (Å²) in [6.07, 6.45) is -0.587. The van der Waals surface area contributed by atoms with E-state index in [2.05, 4.69) is 0 Å². The fourth-order valence-corrected chi connectivity index (χ4v) is 1.68. The number of carboxylic acid groups (broad SMARTS) is 2. The van der Waals surface area contributed by atoms with Gasteiger partial charge in [0, 0.05) is 0 Å². The Balaban J connectivity index is 2.50. The van der Waals surface area contributed by atoms with Crippen molar-refractivity contribution in [3.05, 3.63) is 0 Å². The normalized spacial score (nSPS) is 25.2. The Hall–Kier alpha value is -1.14. The molecule has 1 saturated heterocycles. The smallest absolute Gasteiger partial charge is 0.307 e. The van der Waals surface area contributed by atoms with E-state index in [1.165, 1.54) is 0 Å². The van der Waals surface area contributed by atoms with Gasteiger partial charge in [-0.15, -0.1) is 0 Å². The van der Waals surface area contributed by atoms with Gasteiger partial charge in [0.05, 0.1) is 25.0 Å². The Morgan fingerprint density at radius 2 is 2.06 bits per heavy atom. The summed E-state index contributed by atoms with van der Waals surface area (Å²) in [7, 11) is 0. The molecule has 0 radical (unpaired) electrons. The van der Waals surface area contributed by atoms with Crippen molar-refractivity contribution in [3.8, 4) is 0 Å². The summed E-state index contributed by atoms with van der Waals surface area (Å²) >= 11 is 0. The van der Waals surface area contributed by atoms with E-state index in [0.29, 0.717) is 6.61 Å². The van der Waals surface area contributed by atoms with E-state index in [-0.39, 0.29) is 12.5 Å². The first-order valence-corrected chi connectivity index (χ1v) is 5.06. The van der Waals surface area contributed by atoms with Crippen molar-refractivity contribution in [1.29, 1.82) is 0 Å². The number of hydrogen-bond donors (Lipinski definition) is 2. The third kappa shape index (κ3) is 3.79. The molecule has 0 saturated carbocycles. The molecule has 16 heavy (non-hydrogen) atoms. The van der Waals surface area contributed by atoms with Crippen LogP contribution in [0.2, 0.25) is 0 Å². The maximum atomic E-state index is 10.8. The highest BCUT2D eigenvalue weighted by Crippen LogP contribution is 2.27. The lowest BCUT2D eigenvalue weighted by Gasteiger charge is -2.18. The third-order valence-electron chi connectivity index (χ3n) is 2.38. The van der Waals surface area contributed by atoms with Gasteiger partial charge in [0.15, 0.2) is 5.79 Å². The van der Waals surface area contributed by atoms with Crippen LogP contribution in [0.4, 0.5) is 0 Å². The van der Waals surface area contributed by atoms with E-state index < -0.39 is 30.1 Å². The highest BCUT2D eigenvalue weighted by molar-refractivity contribution is 5.77. The van der Waals surface area contributed by atoms with Crippen molar-refractivity contribution in [3.63, 3.8) is 0 Å². The summed E-state index contributed by atoms with van der Waals surface area (Å²) in [4.78, 5) is 21.3. The molecule has 2 atom stereocenters. The van der Waals surface area contributed by atoms with Crippen molar-refractivity contribution >= 4 is 11.9 Å². The summed E-state index contributed by atoms with van der Waals surface area (Å²) in [6.45, 7) is 3.77. The minimum Gasteiger partial charge on any atom is -0.481 e. The Labute approximate surface area is 93.2 Å². The lowest BCUT2D eigenvalue weighted by Crippen LogP contribution is -2.26. The second kappa shape index (κ2) is 4.80. The van der Waals surface area contributed by atoms with Gasteiger partial charge in [0.1, 0.15) is 0 Å². The largest absolute Gasteiger partial charge is 0.481 e. The predicted molar refractivity (Wildman–Crippen MR) is 52.9 cm³/mol. The van der Waals surface area contributed by atoms with Crippen molar-refractivity contribution < 1.29 is 29.3 Å². The fourth-order valence-electron chi connectivity index (χ4n) is 1.68. The zero-order chi connectivity index (χ0) is 12.3. The number of rotatable bonds is 5. The zero-order valence-corrected chi connectivity index (χ0v) is 9.30. The standard InChI is InChI=1S/C10H16O6/c1-10(2)15-5-7(16-10)3-6(9(13)14)4-8(11)12/h6-7H,3-5H2,1-2H3,(H,11,12)(H,13,14). The summed E-state index contributed by atoms with van der Waals surface area (Å²) in [5.41, 5.74) is 0. The maximum absolute atomic E-state index is 10.8. The van der Waals surface area contributed by atoms with E-state index >= 15 is 0 Å². The van der Waals surface area contributed by atoms with Crippen LogP contribution < -0.4 is 0 Å². The lowest BCUT2D eigenvalue weighted by atomic mass is 9.98. The SMILES string of the molecule is CC1(C)OCC(CC(CC(=O)O)C(=O)O)O1. The van der Waals surface area contributed by atoms with Crippen LogP contribution in [0.3, 0.4) is 0 Å². The average Bonchev–Trinajstić information content (AvgIpc) is 2.43. The van der Waals surface area contributed by atoms with Gasteiger partial charge in [-0.2, -0.15) is 0 Å². The Bertz CT molecular complexity index is 285. The number of aliphatic carboxylic acids is 2. The van der Waals surface area contributed by atoms with Gasteiger partial charge in [0.25, 0.3) is 0 Å². The molecule has 0 aromatic rings. The number of carbonyl (C=O) groups is 2. The number of carboxylic acids is 2. The molecular weight excluding hydrogens is 216 g/mol. The first kappa shape index (κ1) is 12.9. The Morgan fingerprint density at radius 3 is 2.44 bits per heavy atom. The second-order valence-corrected chi connectivity index (χ2v) is 4.32. The summed E-state index contributed by atoms with van der Waals surface area (Å²) in [5, 5.41) is 17.4. The fraction of sp³-hybridized carbons (Fsp3) is 0.800. The van der Waals surface area contributed by atoms with Crippen LogP contribution >= 0.6 is 0 Å². The molecule has 0 amide bonds. The molecule has 1 heterocycles. The summed E-state index contributed by atoms with van der Waals surface area (Å²) < 4.78 is 10.7. The molecule has 2 unspecified atom stereocenters. The Morgan fingerprint density at radius 1 is 1.44 bits per heavy atom. The van der Waals surface area contributed by atoms with E-state index in [9.17, 15) is 9.59 Å².